The van der Waals surface area contributed by atoms with Crippen molar-refractivity contribution in [2.75, 3.05) is 33.7 Å². The Bertz CT molecular complexity index is 952. The van der Waals surface area contributed by atoms with E-state index in [1.54, 1.807) is 24.5 Å². The molecule has 4 rings (SSSR count). The number of rotatable bonds is 7. The summed E-state index contributed by atoms with van der Waals surface area (Å²) in [7, 11) is 4.13. The number of hydrogen-bond donors (Lipinski definition) is 0. The van der Waals surface area contributed by atoms with Gasteiger partial charge in [0.15, 0.2) is 5.65 Å². The van der Waals surface area contributed by atoms with Crippen molar-refractivity contribution in [2.45, 2.75) is 38.3 Å². The van der Waals surface area contributed by atoms with Gasteiger partial charge in [-0.1, -0.05) is 12.1 Å². The molecule has 3 aromatic rings. The van der Waals surface area contributed by atoms with Crippen LogP contribution in [0, 0.1) is 5.82 Å². The van der Waals surface area contributed by atoms with Gasteiger partial charge in [-0.05, 0) is 58.1 Å². The van der Waals surface area contributed by atoms with Crippen molar-refractivity contribution in [3.63, 3.8) is 0 Å². The number of benzene rings is 1. The number of nitrogens with zero attached hydrogens (tertiary/aromatic N) is 6. The average molecular weight is 397 g/mol. The Labute approximate surface area is 171 Å². The Kier molecular flexibility index (Phi) is 5.87. The van der Waals surface area contributed by atoms with Crippen molar-refractivity contribution in [3.05, 3.63) is 53.7 Å². The third-order valence-corrected chi connectivity index (χ3v) is 5.83. The molecule has 1 aromatic carbocycles. The second-order valence-electron chi connectivity index (χ2n) is 8.30. The fourth-order valence-electron chi connectivity index (χ4n) is 4.15. The molecule has 154 valence electrons. The summed E-state index contributed by atoms with van der Waals surface area (Å²) in [5, 5.41) is 4.93. The highest BCUT2D eigenvalue weighted by molar-refractivity contribution is 5.73. The normalized spacial score (nSPS) is 18.7. The number of likely N-dealkylation sites (N-methyl/N-ethyl adjacent to an activating group) is 1. The van der Waals surface area contributed by atoms with Crippen LogP contribution < -0.4 is 0 Å². The summed E-state index contributed by atoms with van der Waals surface area (Å²) < 4.78 is 15.2. The summed E-state index contributed by atoms with van der Waals surface area (Å²) in [6.07, 6.45) is 5.49. The minimum atomic E-state index is -0.180. The van der Waals surface area contributed by atoms with Crippen LogP contribution in [0.3, 0.4) is 0 Å². The molecule has 0 bridgehead atoms. The number of halogens is 1. The van der Waals surface area contributed by atoms with E-state index < -0.39 is 0 Å². The summed E-state index contributed by atoms with van der Waals surface area (Å²) in [5.74, 6) is 0.186. The Hall–Kier alpha value is -2.38. The van der Waals surface area contributed by atoms with E-state index in [1.165, 1.54) is 5.56 Å². The van der Waals surface area contributed by atoms with Crippen LogP contribution in [0.2, 0.25) is 0 Å². The lowest BCUT2D eigenvalue weighted by atomic mass is 10.0. The quantitative estimate of drug-likeness (QED) is 0.615. The smallest absolute Gasteiger partial charge is 0.177 e. The lowest BCUT2D eigenvalue weighted by Crippen LogP contribution is -2.32. The molecule has 2 aromatic heterocycles. The van der Waals surface area contributed by atoms with Crippen LogP contribution in [-0.4, -0.2) is 69.3 Å². The van der Waals surface area contributed by atoms with Crippen molar-refractivity contribution >= 4 is 11.2 Å². The fraction of sp³-hybridized carbons (Fsp3) is 0.500. The van der Waals surface area contributed by atoms with Crippen LogP contribution in [0.5, 0.6) is 0 Å². The Morgan fingerprint density at radius 1 is 1.17 bits per heavy atom. The van der Waals surface area contributed by atoms with Gasteiger partial charge in [0.25, 0.3) is 0 Å². The van der Waals surface area contributed by atoms with Crippen molar-refractivity contribution in [3.8, 4) is 0 Å². The van der Waals surface area contributed by atoms with Crippen molar-refractivity contribution in [1.82, 2.24) is 29.5 Å². The number of fused-ring (bicyclic) bond motifs is 1. The molecule has 29 heavy (non-hydrogen) atoms. The highest BCUT2D eigenvalue weighted by atomic mass is 19.1. The predicted octanol–water partition coefficient (Wildman–Crippen LogP) is 2.95. The molecule has 1 saturated heterocycles. The number of aromatic nitrogens is 4. The monoisotopic (exact) mass is 396 g/mol. The Balaban J connectivity index is 1.48. The maximum atomic E-state index is 13.2. The lowest BCUT2D eigenvalue weighted by Gasteiger charge is -2.24. The Morgan fingerprint density at radius 3 is 2.69 bits per heavy atom. The highest BCUT2D eigenvalue weighted by Gasteiger charge is 2.31. The van der Waals surface area contributed by atoms with Crippen LogP contribution in [0.25, 0.3) is 11.2 Å². The topological polar surface area (TPSA) is 50.1 Å². The first-order chi connectivity index (χ1) is 14.0. The van der Waals surface area contributed by atoms with Crippen molar-refractivity contribution in [1.29, 1.82) is 0 Å². The van der Waals surface area contributed by atoms with Crippen LogP contribution in [0.4, 0.5) is 4.39 Å². The van der Waals surface area contributed by atoms with Gasteiger partial charge in [0.2, 0.25) is 0 Å². The first-order valence-electron chi connectivity index (χ1n) is 10.3. The molecule has 0 saturated carbocycles. The molecule has 1 aliphatic heterocycles. The minimum Gasteiger partial charge on any atom is -0.308 e. The zero-order chi connectivity index (χ0) is 20.4. The molecule has 0 spiro atoms. The first kappa shape index (κ1) is 19.9. The highest BCUT2D eigenvalue weighted by Crippen LogP contribution is 2.31. The summed E-state index contributed by atoms with van der Waals surface area (Å²) in [4.78, 5) is 13.8. The number of likely N-dealkylation sites (tertiary alicyclic amines) is 1. The van der Waals surface area contributed by atoms with Gasteiger partial charge in [0.05, 0.1) is 12.2 Å². The summed E-state index contributed by atoms with van der Waals surface area (Å²) in [6.45, 7) is 5.98. The average Bonchev–Trinajstić information content (AvgIpc) is 3.33. The van der Waals surface area contributed by atoms with Crippen LogP contribution in [0.15, 0.2) is 36.7 Å². The van der Waals surface area contributed by atoms with E-state index in [1.807, 2.05) is 16.8 Å². The van der Waals surface area contributed by atoms with E-state index in [-0.39, 0.29) is 5.82 Å². The van der Waals surface area contributed by atoms with Crippen LogP contribution in [-0.2, 0) is 13.0 Å². The maximum absolute atomic E-state index is 13.2. The lowest BCUT2D eigenvalue weighted by molar-refractivity contribution is 0.254. The van der Waals surface area contributed by atoms with Gasteiger partial charge in [-0.15, -0.1) is 0 Å². The third kappa shape index (κ3) is 4.46. The van der Waals surface area contributed by atoms with E-state index in [4.69, 9.17) is 5.10 Å². The molecule has 7 heteroatoms. The first-order valence-corrected chi connectivity index (χ1v) is 10.3. The SMILES string of the molecule is CC(Cc1ccc(F)cc1)N1CCC(c2nn(CCN(C)C)c3nccnc23)C1. The molecule has 3 heterocycles. The molecule has 1 aliphatic rings. The van der Waals surface area contributed by atoms with E-state index in [0.717, 1.165) is 55.9 Å². The van der Waals surface area contributed by atoms with Gasteiger partial charge in [-0.25, -0.2) is 19.0 Å². The van der Waals surface area contributed by atoms with Crippen molar-refractivity contribution < 1.29 is 4.39 Å². The standard InChI is InChI=1S/C22H29FN6/c1-16(14-17-4-6-19(23)7-5-17)28-11-8-18(15-28)20-21-22(25-10-9-24-21)29(26-20)13-12-27(2)3/h4-7,9-10,16,18H,8,11-15H2,1-3H3. The molecule has 2 atom stereocenters. The second-order valence-corrected chi connectivity index (χ2v) is 8.30. The van der Waals surface area contributed by atoms with Gasteiger partial charge in [-0.3, -0.25) is 4.90 Å². The van der Waals surface area contributed by atoms with Crippen molar-refractivity contribution in [2.24, 2.45) is 0 Å². The maximum Gasteiger partial charge on any atom is 0.177 e. The van der Waals surface area contributed by atoms with Crippen LogP contribution >= 0.6 is 0 Å². The molecular weight excluding hydrogens is 367 g/mol. The molecule has 1 fully saturated rings. The fourth-order valence-corrected chi connectivity index (χ4v) is 4.15. The van der Waals surface area contributed by atoms with E-state index >= 15 is 0 Å². The van der Waals surface area contributed by atoms with E-state index in [9.17, 15) is 4.39 Å². The largest absolute Gasteiger partial charge is 0.308 e. The van der Waals surface area contributed by atoms with E-state index in [0.29, 0.717) is 12.0 Å². The summed E-state index contributed by atoms with van der Waals surface area (Å²) in [5.41, 5.74) is 4.06. The molecular formula is C22H29FN6. The number of hydrogen-bond acceptors (Lipinski definition) is 5. The molecule has 0 radical (unpaired) electrons. The molecule has 0 aliphatic carbocycles. The summed E-state index contributed by atoms with van der Waals surface area (Å²) >= 11 is 0. The Morgan fingerprint density at radius 2 is 1.93 bits per heavy atom. The molecule has 0 amide bonds. The third-order valence-electron chi connectivity index (χ3n) is 5.83. The predicted molar refractivity (Wildman–Crippen MR) is 112 cm³/mol. The zero-order valence-electron chi connectivity index (χ0n) is 17.4. The molecule has 2 unspecified atom stereocenters. The van der Waals surface area contributed by atoms with Gasteiger partial charge < -0.3 is 4.90 Å². The zero-order valence-corrected chi connectivity index (χ0v) is 17.4. The second kappa shape index (κ2) is 8.55. The molecule has 0 N–H and O–H groups in total. The van der Waals surface area contributed by atoms with Gasteiger partial charge >= 0.3 is 0 Å². The van der Waals surface area contributed by atoms with E-state index in [2.05, 4.69) is 40.8 Å². The minimum absolute atomic E-state index is 0.180. The van der Waals surface area contributed by atoms with Gasteiger partial charge in [-0.2, -0.15) is 5.10 Å². The van der Waals surface area contributed by atoms with Gasteiger partial charge in [0.1, 0.15) is 11.3 Å². The van der Waals surface area contributed by atoms with Crippen LogP contribution in [0.1, 0.15) is 30.5 Å². The summed E-state index contributed by atoms with van der Waals surface area (Å²) in [6, 6.07) is 7.25. The molecule has 6 nitrogen and oxygen atoms in total. The van der Waals surface area contributed by atoms with Gasteiger partial charge in [0, 0.05) is 37.4 Å².